The summed E-state index contributed by atoms with van der Waals surface area (Å²) in [5.74, 6) is -0.466. The van der Waals surface area contributed by atoms with Gasteiger partial charge >= 0.3 is 0 Å². The molecule has 4 nitrogen and oxygen atoms in total. The van der Waals surface area contributed by atoms with Crippen LogP contribution in [0.1, 0.15) is 40.9 Å². The van der Waals surface area contributed by atoms with E-state index in [0.717, 1.165) is 43.0 Å². The number of benzene rings is 2. The van der Waals surface area contributed by atoms with Crippen LogP contribution in [0.3, 0.4) is 0 Å². The normalized spacial score (nSPS) is 12.3. The first-order chi connectivity index (χ1) is 10.6. The first-order valence-corrected chi connectivity index (χ1v) is 8.19. The lowest BCUT2D eigenvalue weighted by Crippen LogP contribution is -2.17. The van der Waals surface area contributed by atoms with Gasteiger partial charge < -0.3 is 15.8 Å². The van der Waals surface area contributed by atoms with E-state index in [9.17, 15) is 9.90 Å². The molecule has 0 saturated carbocycles. The number of carbonyl (C=O) groups excluding carboxylic acids is 1. The van der Waals surface area contributed by atoms with Gasteiger partial charge in [-0.1, -0.05) is 22.0 Å². The number of H-pyrrole nitrogens is 1. The fraction of sp³-hybridized carbons (Fsp3) is 0.278. The third kappa shape index (κ3) is 2.35. The lowest BCUT2D eigenvalue weighted by Gasteiger charge is -2.21. The summed E-state index contributed by atoms with van der Waals surface area (Å²) >= 11 is 3.58. The highest BCUT2D eigenvalue weighted by Gasteiger charge is 2.24. The number of nitrogens with one attached hydrogen (secondary N) is 1. The van der Waals surface area contributed by atoms with Crippen molar-refractivity contribution in [2.24, 2.45) is 5.73 Å². The summed E-state index contributed by atoms with van der Waals surface area (Å²) in [7, 11) is 0. The lowest BCUT2D eigenvalue weighted by molar-refractivity contribution is 0.0780. The number of aryl methyl sites for hydroxylation is 2. The summed E-state index contributed by atoms with van der Waals surface area (Å²) in [4.78, 5) is 15.1. The number of nitrogens with two attached hydrogens (primary N) is 1. The second-order valence-electron chi connectivity index (χ2n) is 6.51. The Kier molecular flexibility index (Phi) is 3.54. The number of primary amides is 1. The van der Waals surface area contributed by atoms with Gasteiger partial charge in [-0.05, 0) is 56.5 Å². The first kappa shape index (κ1) is 16.0. The van der Waals surface area contributed by atoms with Crippen LogP contribution < -0.4 is 5.73 Å². The Morgan fingerprint density at radius 3 is 2.43 bits per heavy atom. The van der Waals surface area contributed by atoms with Gasteiger partial charge in [0.25, 0.3) is 5.91 Å². The van der Waals surface area contributed by atoms with Crippen molar-refractivity contribution in [3.05, 3.63) is 44.9 Å². The predicted octanol–water partition coefficient (Wildman–Crippen LogP) is 4.03. The molecular weight excluding hydrogens is 356 g/mol. The fourth-order valence-electron chi connectivity index (χ4n) is 3.31. The summed E-state index contributed by atoms with van der Waals surface area (Å²) in [6.07, 6.45) is 0. The van der Waals surface area contributed by atoms with E-state index >= 15 is 0 Å². The van der Waals surface area contributed by atoms with E-state index in [1.807, 2.05) is 26.0 Å². The van der Waals surface area contributed by atoms with Crippen LogP contribution in [-0.4, -0.2) is 16.0 Å². The molecule has 0 fully saturated rings. The zero-order chi connectivity index (χ0) is 17.1. The van der Waals surface area contributed by atoms with Crippen LogP contribution >= 0.6 is 15.9 Å². The maximum atomic E-state index is 11.7. The molecule has 0 spiro atoms. The standard InChI is InChI=1S/C18H19BrN2O2/c1-8-7-11(18(3,4)23)9(2)15-13(8)14-12(19)6-5-10(17(20)22)16(14)21-15/h5-7,21,23H,1-4H3,(H2,20,22). The van der Waals surface area contributed by atoms with Crippen LogP contribution in [0.15, 0.2) is 22.7 Å². The largest absolute Gasteiger partial charge is 0.386 e. The second kappa shape index (κ2) is 5.08. The lowest BCUT2D eigenvalue weighted by atomic mass is 9.90. The van der Waals surface area contributed by atoms with Crippen molar-refractivity contribution >= 4 is 43.6 Å². The fourth-order valence-corrected chi connectivity index (χ4v) is 3.84. The molecule has 0 bridgehead atoms. The van der Waals surface area contributed by atoms with Crippen LogP contribution in [0.25, 0.3) is 21.8 Å². The van der Waals surface area contributed by atoms with Gasteiger partial charge in [0, 0.05) is 15.2 Å². The highest BCUT2D eigenvalue weighted by atomic mass is 79.9. The number of carbonyl (C=O) groups is 1. The molecule has 0 aliphatic rings. The van der Waals surface area contributed by atoms with Crippen LogP contribution in [-0.2, 0) is 5.60 Å². The Hall–Kier alpha value is -1.85. The van der Waals surface area contributed by atoms with Gasteiger partial charge in [-0.2, -0.15) is 0 Å². The van der Waals surface area contributed by atoms with Gasteiger partial charge in [0.2, 0.25) is 0 Å². The number of halogens is 1. The molecule has 1 aromatic heterocycles. The van der Waals surface area contributed by atoms with Crippen molar-refractivity contribution in [1.29, 1.82) is 0 Å². The summed E-state index contributed by atoms with van der Waals surface area (Å²) in [5, 5.41) is 12.4. The van der Waals surface area contributed by atoms with E-state index in [1.165, 1.54) is 0 Å². The summed E-state index contributed by atoms with van der Waals surface area (Å²) in [6, 6.07) is 5.56. The molecule has 0 unspecified atom stereocenters. The molecule has 1 heterocycles. The van der Waals surface area contributed by atoms with Gasteiger partial charge in [-0.15, -0.1) is 0 Å². The Morgan fingerprint density at radius 2 is 1.87 bits per heavy atom. The van der Waals surface area contributed by atoms with Gasteiger partial charge in [0.1, 0.15) is 0 Å². The number of aromatic amines is 1. The van der Waals surface area contributed by atoms with Crippen molar-refractivity contribution in [3.63, 3.8) is 0 Å². The summed E-state index contributed by atoms with van der Waals surface area (Å²) in [6.45, 7) is 7.53. The van der Waals surface area contributed by atoms with Gasteiger partial charge in [-0.25, -0.2) is 0 Å². The average molecular weight is 375 g/mol. The molecule has 120 valence electrons. The van der Waals surface area contributed by atoms with E-state index in [0.29, 0.717) is 5.56 Å². The molecule has 4 N–H and O–H groups in total. The molecule has 0 saturated heterocycles. The molecule has 3 rings (SSSR count). The number of hydrogen-bond acceptors (Lipinski definition) is 2. The van der Waals surface area contributed by atoms with Crippen LogP contribution in [0.4, 0.5) is 0 Å². The Balaban J connectivity index is 2.57. The number of aliphatic hydroxyl groups is 1. The highest BCUT2D eigenvalue weighted by molar-refractivity contribution is 9.10. The number of aromatic nitrogens is 1. The van der Waals surface area contributed by atoms with Gasteiger partial charge in [-0.3, -0.25) is 4.79 Å². The molecule has 0 radical (unpaired) electrons. The molecule has 0 atom stereocenters. The summed E-state index contributed by atoms with van der Waals surface area (Å²) < 4.78 is 0.905. The SMILES string of the molecule is Cc1c(C(C)(C)O)cc(C)c2c1[nH]c1c(C(N)=O)ccc(Br)c12. The van der Waals surface area contributed by atoms with Crippen molar-refractivity contribution in [2.45, 2.75) is 33.3 Å². The van der Waals surface area contributed by atoms with Crippen LogP contribution in [0.2, 0.25) is 0 Å². The molecule has 2 aromatic carbocycles. The number of amides is 1. The minimum atomic E-state index is -0.940. The third-order valence-corrected chi connectivity index (χ3v) is 5.02. The minimum absolute atomic E-state index is 0.461. The highest BCUT2D eigenvalue weighted by Crippen LogP contribution is 2.39. The zero-order valence-corrected chi connectivity index (χ0v) is 15.1. The molecule has 23 heavy (non-hydrogen) atoms. The topological polar surface area (TPSA) is 79.1 Å². The number of fused-ring (bicyclic) bond motifs is 3. The molecule has 5 heteroatoms. The monoisotopic (exact) mass is 374 g/mol. The summed E-state index contributed by atoms with van der Waals surface area (Å²) in [5.41, 5.74) is 9.55. The second-order valence-corrected chi connectivity index (χ2v) is 7.36. The average Bonchev–Trinajstić information content (AvgIpc) is 2.83. The Bertz CT molecular complexity index is 965. The Morgan fingerprint density at radius 1 is 1.22 bits per heavy atom. The molecule has 0 aliphatic carbocycles. The van der Waals surface area contributed by atoms with Crippen LogP contribution in [0.5, 0.6) is 0 Å². The maximum absolute atomic E-state index is 11.7. The number of hydrogen-bond donors (Lipinski definition) is 3. The van der Waals surface area contributed by atoms with Crippen molar-refractivity contribution in [3.8, 4) is 0 Å². The van der Waals surface area contributed by atoms with E-state index < -0.39 is 11.5 Å². The van der Waals surface area contributed by atoms with Crippen molar-refractivity contribution in [2.75, 3.05) is 0 Å². The smallest absolute Gasteiger partial charge is 0.250 e. The van der Waals surface area contributed by atoms with Crippen LogP contribution in [0, 0.1) is 13.8 Å². The number of rotatable bonds is 2. The van der Waals surface area contributed by atoms with Crippen molar-refractivity contribution in [1.82, 2.24) is 4.98 Å². The third-order valence-electron chi connectivity index (χ3n) is 4.36. The first-order valence-electron chi connectivity index (χ1n) is 7.39. The van der Waals surface area contributed by atoms with E-state index in [2.05, 4.69) is 20.9 Å². The zero-order valence-electron chi connectivity index (χ0n) is 13.5. The maximum Gasteiger partial charge on any atom is 0.250 e. The predicted molar refractivity (Wildman–Crippen MR) is 96.7 cm³/mol. The van der Waals surface area contributed by atoms with Crippen molar-refractivity contribution < 1.29 is 9.90 Å². The van der Waals surface area contributed by atoms with E-state index in [-0.39, 0.29) is 0 Å². The van der Waals surface area contributed by atoms with Gasteiger partial charge in [0.05, 0.1) is 22.2 Å². The molecular formula is C18H19BrN2O2. The molecule has 0 aliphatic heterocycles. The molecule has 3 aromatic rings. The molecule has 1 amide bonds. The Labute approximate surface area is 142 Å². The quantitative estimate of drug-likeness (QED) is 0.632. The minimum Gasteiger partial charge on any atom is -0.386 e. The van der Waals surface area contributed by atoms with E-state index in [4.69, 9.17) is 5.73 Å². The van der Waals surface area contributed by atoms with E-state index in [1.54, 1.807) is 19.9 Å². The van der Waals surface area contributed by atoms with Gasteiger partial charge in [0.15, 0.2) is 0 Å².